The maximum atomic E-state index is 13.8. The van der Waals surface area contributed by atoms with Crippen LogP contribution in [-0.4, -0.2) is 15.6 Å². The zero-order valence-corrected chi connectivity index (χ0v) is 16.3. The van der Waals surface area contributed by atoms with Gasteiger partial charge in [-0.1, -0.05) is 53.2 Å². The zero-order valence-electron chi connectivity index (χ0n) is 15.5. The molecule has 1 aliphatic carbocycles. The van der Waals surface area contributed by atoms with Crippen LogP contribution in [0.5, 0.6) is 0 Å². The van der Waals surface area contributed by atoms with Gasteiger partial charge >= 0.3 is 0 Å². The summed E-state index contributed by atoms with van der Waals surface area (Å²) in [6, 6.07) is 15.5. The highest BCUT2D eigenvalue weighted by atomic mass is 35.5. The van der Waals surface area contributed by atoms with Crippen LogP contribution < -0.4 is 0 Å². The van der Waals surface area contributed by atoms with Crippen molar-refractivity contribution in [3.63, 3.8) is 0 Å². The predicted molar refractivity (Wildman–Crippen MR) is 110 cm³/mol. The highest BCUT2D eigenvalue weighted by Crippen LogP contribution is 2.36. The second kappa shape index (κ2) is 6.64. The van der Waals surface area contributed by atoms with E-state index < -0.39 is 0 Å². The molecule has 28 heavy (non-hydrogen) atoms. The van der Waals surface area contributed by atoms with Crippen molar-refractivity contribution in [2.75, 3.05) is 0 Å². The van der Waals surface area contributed by atoms with Crippen LogP contribution in [0, 0.1) is 6.92 Å². The summed E-state index contributed by atoms with van der Waals surface area (Å²) in [7, 11) is 0. The Morgan fingerprint density at radius 1 is 1.07 bits per heavy atom. The van der Waals surface area contributed by atoms with Crippen LogP contribution in [0.15, 0.2) is 53.1 Å². The van der Waals surface area contributed by atoms with Crippen molar-refractivity contribution in [2.45, 2.75) is 32.6 Å². The van der Waals surface area contributed by atoms with E-state index in [0.717, 1.165) is 36.9 Å². The molecular weight excluding hydrogens is 372 g/mol. The Morgan fingerprint density at radius 3 is 2.68 bits per heavy atom. The summed E-state index contributed by atoms with van der Waals surface area (Å²) in [5.74, 6) is 0.398. The van der Waals surface area contributed by atoms with E-state index in [1.807, 2.05) is 41.0 Å². The largest absolute Gasteiger partial charge is 0.360 e. The van der Waals surface area contributed by atoms with Gasteiger partial charge in [-0.3, -0.25) is 9.36 Å². The number of rotatable bonds is 2. The van der Waals surface area contributed by atoms with Crippen LogP contribution in [0.1, 0.15) is 40.2 Å². The maximum Gasteiger partial charge on any atom is 0.268 e. The number of aromatic nitrogens is 2. The third-order valence-electron chi connectivity index (χ3n) is 5.59. The van der Waals surface area contributed by atoms with E-state index in [2.05, 4.69) is 11.2 Å². The fourth-order valence-corrected chi connectivity index (χ4v) is 4.53. The zero-order chi connectivity index (χ0) is 19.3. The number of benzene rings is 2. The van der Waals surface area contributed by atoms with E-state index in [9.17, 15) is 4.79 Å². The molecular formula is C23H19ClN2O2. The molecule has 0 saturated heterocycles. The van der Waals surface area contributed by atoms with Crippen molar-refractivity contribution in [3.05, 3.63) is 76.1 Å². The summed E-state index contributed by atoms with van der Waals surface area (Å²) in [5, 5.41) is 5.89. The van der Waals surface area contributed by atoms with Crippen molar-refractivity contribution in [1.82, 2.24) is 9.72 Å². The van der Waals surface area contributed by atoms with Crippen LogP contribution in [0.25, 0.3) is 22.2 Å². The van der Waals surface area contributed by atoms with Gasteiger partial charge in [0.05, 0.1) is 10.5 Å². The molecule has 0 saturated carbocycles. The van der Waals surface area contributed by atoms with Crippen LogP contribution in [0.3, 0.4) is 0 Å². The smallest absolute Gasteiger partial charge is 0.268 e. The van der Waals surface area contributed by atoms with Gasteiger partial charge in [0.1, 0.15) is 17.0 Å². The topological polar surface area (TPSA) is 48.0 Å². The SMILES string of the molecule is Cc1onc(-c2ccccc2Cl)c1C(=O)n1c2c(c3ccccc31)CCCC2. The fraction of sp³-hybridized carbons (Fsp3) is 0.217. The molecule has 0 N–H and O–H groups in total. The number of carbonyl (C=O) groups is 1. The molecule has 0 fully saturated rings. The van der Waals surface area contributed by atoms with Crippen molar-refractivity contribution in [2.24, 2.45) is 0 Å². The Kier molecular flexibility index (Phi) is 4.09. The average molecular weight is 391 g/mol. The second-order valence-corrected chi connectivity index (χ2v) is 7.64. The van der Waals surface area contributed by atoms with Crippen LogP contribution in [-0.2, 0) is 12.8 Å². The molecule has 0 bridgehead atoms. The van der Waals surface area contributed by atoms with Gasteiger partial charge in [-0.05, 0) is 50.3 Å². The number of carbonyl (C=O) groups excluding carboxylic acids is 1. The van der Waals surface area contributed by atoms with E-state index in [1.54, 1.807) is 13.0 Å². The first-order valence-electron chi connectivity index (χ1n) is 9.54. The minimum atomic E-state index is -0.104. The fourth-order valence-electron chi connectivity index (χ4n) is 4.30. The van der Waals surface area contributed by atoms with Crippen LogP contribution in [0.2, 0.25) is 5.02 Å². The third-order valence-corrected chi connectivity index (χ3v) is 5.92. The van der Waals surface area contributed by atoms with E-state index >= 15 is 0 Å². The minimum Gasteiger partial charge on any atom is -0.360 e. The number of fused-ring (bicyclic) bond motifs is 3. The third kappa shape index (κ3) is 2.52. The number of para-hydroxylation sites is 1. The lowest BCUT2D eigenvalue weighted by atomic mass is 9.95. The Bertz CT molecular complexity index is 1220. The van der Waals surface area contributed by atoms with Gasteiger partial charge in [0.2, 0.25) is 0 Å². The van der Waals surface area contributed by atoms with E-state index in [0.29, 0.717) is 27.6 Å². The molecule has 5 heteroatoms. The molecule has 5 rings (SSSR count). The lowest BCUT2D eigenvalue weighted by molar-refractivity contribution is 0.0960. The molecule has 2 heterocycles. The molecule has 0 spiro atoms. The highest BCUT2D eigenvalue weighted by molar-refractivity contribution is 6.33. The van der Waals surface area contributed by atoms with E-state index in [1.165, 1.54) is 10.9 Å². The summed E-state index contributed by atoms with van der Waals surface area (Å²) >= 11 is 6.38. The summed E-state index contributed by atoms with van der Waals surface area (Å²) in [6.07, 6.45) is 4.17. The van der Waals surface area contributed by atoms with Gasteiger partial charge in [-0.25, -0.2) is 0 Å². The molecule has 0 atom stereocenters. The molecule has 2 aromatic carbocycles. The van der Waals surface area contributed by atoms with Gasteiger partial charge in [-0.2, -0.15) is 0 Å². The lowest BCUT2D eigenvalue weighted by Gasteiger charge is -2.15. The average Bonchev–Trinajstić information content (AvgIpc) is 3.26. The minimum absolute atomic E-state index is 0.104. The number of halogens is 1. The first-order valence-corrected chi connectivity index (χ1v) is 9.91. The molecule has 0 aliphatic heterocycles. The molecule has 0 amide bonds. The van der Waals surface area contributed by atoms with E-state index in [4.69, 9.17) is 16.1 Å². The van der Waals surface area contributed by atoms with Gasteiger partial charge in [-0.15, -0.1) is 0 Å². The number of hydrogen-bond acceptors (Lipinski definition) is 3. The van der Waals surface area contributed by atoms with Gasteiger partial charge in [0.15, 0.2) is 0 Å². The summed E-state index contributed by atoms with van der Waals surface area (Å²) in [6.45, 7) is 1.78. The first-order chi connectivity index (χ1) is 13.7. The van der Waals surface area contributed by atoms with Gasteiger partial charge < -0.3 is 4.52 Å². The number of hydrogen-bond donors (Lipinski definition) is 0. The molecule has 2 aromatic heterocycles. The first kappa shape index (κ1) is 17.3. The van der Waals surface area contributed by atoms with Crippen LogP contribution >= 0.6 is 11.6 Å². The molecule has 140 valence electrons. The lowest BCUT2D eigenvalue weighted by Crippen LogP contribution is -2.18. The Hall–Kier alpha value is -2.85. The number of nitrogens with zero attached hydrogens (tertiary/aromatic N) is 2. The normalized spacial score (nSPS) is 13.6. The molecule has 0 radical (unpaired) electrons. The standard InChI is InChI=1S/C23H19ClN2O2/c1-14-21(22(25-28-14)17-10-2-5-11-18(17)24)23(27)26-19-12-6-3-8-15(19)16-9-4-7-13-20(16)26/h2-3,5-6,8,10-12H,4,7,9,13H2,1H3. The highest BCUT2D eigenvalue weighted by Gasteiger charge is 2.29. The summed E-state index contributed by atoms with van der Waals surface area (Å²) in [4.78, 5) is 13.8. The van der Waals surface area contributed by atoms with Gasteiger partial charge in [0.25, 0.3) is 5.91 Å². The summed E-state index contributed by atoms with van der Waals surface area (Å²) in [5.41, 5.74) is 5.03. The Balaban J connectivity index is 1.75. The molecule has 4 aromatic rings. The summed E-state index contributed by atoms with van der Waals surface area (Å²) < 4.78 is 7.30. The predicted octanol–water partition coefficient (Wildman–Crippen LogP) is 5.83. The Morgan fingerprint density at radius 2 is 1.82 bits per heavy atom. The van der Waals surface area contributed by atoms with Crippen molar-refractivity contribution < 1.29 is 9.32 Å². The molecule has 1 aliphatic rings. The van der Waals surface area contributed by atoms with Crippen molar-refractivity contribution >= 4 is 28.4 Å². The number of aryl methyl sites for hydroxylation is 2. The van der Waals surface area contributed by atoms with Crippen molar-refractivity contribution in [1.29, 1.82) is 0 Å². The molecule has 0 unspecified atom stereocenters. The second-order valence-electron chi connectivity index (χ2n) is 7.23. The monoisotopic (exact) mass is 390 g/mol. The van der Waals surface area contributed by atoms with Crippen LogP contribution in [0.4, 0.5) is 0 Å². The van der Waals surface area contributed by atoms with Crippen molar-refractivity contribution in [3.8, 4) is 11.3 Å². The quantitative estimate of drug-likeness (QED) is 0.433. The molecule has 4 nitrogen and oxygen atoms in total. The van der Waals surface area contributed by atoms with Gasteiger partial charge in [0, 0.05) is 16.6 Å². The Labute approximate surface area is 167 Å². The maximum absolute atomic E-state index is 13.8. The van der Waals surface area contributed by atoms with E-state index in [-0.39, 0.29) is 5.91 Å².